The molecule has 2 rings (SSSR count). The van der Waals surface area contributed by atoms with Gasteiger partial charge in [0.15, 0.2) is 5.11 Å². The van der Waals surface area contributed by atoms with E-state index < -0.39 is 0 Å². The summed E-state index contributed by atoms with van der Waals surface area (Å²) in [6.07, 6.45) is 1.57. The number of anilines is 2. The summed E-state index contributed by atoms with van der Waals surface area (Å²) in [4.78, 5) is 13.8. The number of carbonyl (C=O) groups excluding carboxylic acids is 1. The Bertz CT molecular complexity index is 563. The molecule has 1 aromatic rings. The highest BCUT2D eigenvalue weighted by Crippen LogP contribution is 2.28. The second-order valence-corrected chi connectivity index (χ2v) is 6.89. The Morgan fingerprint density at radius 2 is 2.05 bits per heavy atom. The highest BCUT2D eigenvalue weighted by Gasteiger charge is 2.23. The predicted molar refractivity (Wildman–Crippen MR) is 91.9 cm³/mol. The van der Waals surface area contributed by atoms with Gasteiger partial charge in [-0.05, 0) is 64.0 Å². The van der Waals surface area contributed by atoms with Gasteiger partial charge in [0, 0.05) is 29.9 Å². The van der Waals surface area contributed by atoms with Crippen molar-refractivity contribution < 1.29 is 4.79 Å². The van der Waals surface area contributed by atoms with E-state index in [4.69, 9.17) is 12.2 Å². The van der Waals surface area contributed by atoms with Crippen molar-refractivity contribution in [2.24, 2.45) is 0 Å². The molecular weight excluding hydrogens is 282 g/mol. The molecule has 1 heterocycles. The van der Waals surface area contributed by atoms with Gasteiger partial charge in [0.1, 0.15) is 0 Å². The van der Waals surface area contributed by atoms with Crippen LogP contribution in [0.2, 0.25) is 0 Å². The van der Waals surface area contributed by atoms with E-state index in [1.54, 1.807) is 0 Å². The average molecular weight is 305 g/mol. The largest absolute Gasteiger partial charge is 0.358 e. The minimum Gasteiger partial charge on any atom is -0.358 e. The molecule has 0 unspecified atom stereocenters. The summed E-state index contributed by atoms with van der Waals surface area (Å²) in [6.45, 7) is 9.00. The van der Waals surface area contributed by atoms with Gasteiger partial charge in [-0.1, -0.05) is 6.07 Å². The van der Waals surface area contributed by atoms with E-state index in [1.165, 1.54) is 0 Å². The van der Waals surface area contributed by atoms with Crippen molar-refractivity contribution in [1.29, 1.82) is 0 Å². The van der Waals surface area contributed by atoms with Crippen LogP contribution in [0.4, 0.5) is 11.4 Å². The summed E-state index contributed by atoms with van der Waals surface area (Å²) < 4.78 is 0. The van der Waals surface area contributed by atoms with Crippen LogP contribution in [0.15, 0.2) is 18.2 Å². The van der Waals surface area contributed by atoms with Crippen molar-refractivity contribution >= 4 is 34.6 Å². The zero-order valence-corrected chi connectivity index (χ0v) is 13.9. The molecule has 1 aromatic carbocycles. The molecule has 114 valence electrons. The normalized spacial score (nSPS) is 15.2. The van der Waals surface area contributed by atoms with Crippen LogP contribution >= 0.6 is 12.2 Å². The Balaban J connectivity index is 2.15. The van der Waals surface area contributed by atoms with Crippen molar-refractivity contribution in [1.82, 2.24) is 5.32 Å². The molecular formula is C16H23N3OS. The van der Waals surface area contributed by atoms with Crippen LogP contribution in [-0.4, -0.2) is 23.1 Å². The summed E-state index contributed by atoms with van der Waals surface area (Å²) >= 11 is 5.32. The molecule has 0 aliphatic carbocycles. The third-order valence-corrected chi connectivity index (χ3v) is 3.52. The fourth-order valence-electron chi connectivity index (χ4n) is 2.38. The lowest BCUT2D eigenvalue weighted by Crippen LogP contribution is -2.42. The third kappa shape index (κ3) is 4.17. The van der Waals surface area contributed by atoms with Gasteiger partial charge in [-0.2, -0.15) is 0 Å². The second kappa shape index (κ2) is 6.02. The summed E-state index contributed by atoms with van der Waals surface area (Å²) in [5, 5.41) is 6.99. The van der Waals surface area contributed by atoms with Crippen LogP contribution in [0, 0.1) is 6.92 Å². The first-order valence-electron chi connectivity index (χ1n) is 7.26. The van der Waals surface area contributed by atoms with Crippen LogP contribution in [0.3, 0.4) is 0 Å². The molecule has 0 spiro atoms. The van der Waals surface area contributed by atoms with E-state index in [0.29, 0.717) is 11.5 Å². The maximum absolute atomic E-state index is 11.9. The standard InChI is InChI=1S/C16H23N3OS/c1-11-7-8-12(17-15(21)18-16(2,3)4)10-13(11)19-9-5-6-14(19)20/h7-8,10H,5-6,9H2,1-4H3,(H2,17,18,21). The maximum Gasteiger partial charge on any atom is 0.227 e. The first kappa shape index (κ1) is 15.8. The van der Waals surface area contributed by atoms with Gasteiger partial charge in [0.2, 0.25) is 5.91 Å². The number of rotatable bonds is 2. The molecule has 0 saturated carbocycles. The van der Waals surface area contributed by atoms with E-state index in [9.17, 15) is 4.79 Å². The van der Waals surface area contributed by atoms with Gasteiger partial charge >= 0.3 is 0 Å². The van der Waals surface area contributed by atoms with Gasteiger partial charge in [-0.3, -0.25) is 4.79 Å². The molecule has 1 fully saturated rings. The summed E-state index contributed by atoms with van der Waals surface area (Å²) in [5.41, 5.74) is 2.89. The topological polar surface area (TPSA) is 44.4 Å². The Labute approximate surface area is 131 Å². The monoisotopic (exact) mass is 305 g/mol. The van der Waals surface area contributed by atoms with E-state index in [0.717, 1.165) is 29.9 Å². The van der Waals surface area contributed by atoms with Crippen LogP contribution < -0.4 is 15.5 Å². The minimum atomic E-state index is -0.0808. The fourth-order valence-corrected chi connectivity index (χ4v) is 2.81. The fraction of sp³-hybridized carbons (Fsp3) is 0.500. The number of amides is 1. The molecule has 5 heteroatoms. The first-order valence-corrected chi connectivity index (χ1v) is 7.67. The minimum absolute atomic E-state index is 0.0808. The van der Waals surface area contributed by atoms with Gasteiger partial charge < -0.3 is 15.5 Å². The average Bonchev–Trinajstić information content (AvgIpc) is 2.75. The van der Waals surface area contributed by atoms with Crippen molar-refractivity contribution in [2.75, 3.05) is 16.8 Å². The summed E-state index contributed by atoms with van der Waals surface area (Å²) in [6, 6.07) is 5.99. The SMILES string of the molecule is Cc1ccc(NC(=S)NC(C)(C)C)cc1N1CCCC1=O. The molecule has 1 aliphatic heterocycles. The number of carbonyl (C=O) groups is 1. The highest BCUT2D eigenvalue weighted by molar-refractivity contribution is 7.80. The molecule has 1 saturated heterocycles. The second-order valence-electron chi connectivity index (χ2n) is 6.48. The van der Waals surface area contributed by atoms with Gasteiger partial charge in [-0.15, -0.1) is 0 Å². The Kier molecular flexibility index (Phi) is 4.52. The molecule has 1 amide bonds. The maximum atomic E-state index is 11.9. The summed E-state index contributed by atoms with van der Waals surface area (Å²) in [7, 11) is 0. The van der Waals surface area contributed by atoms with Gasteiger partial charge in [0.25, 0.3) is 0 Å². The molecule has 21 heavy (non-hydrogen) atoms. The van der Waals surface area contributed by atoms with Crippen molar-refractivity contribution in [3.8, 4) is 0 Å². The van der Waals surface area contributed by atoms with Crippen LogP contribution in [-0.2, 0) is 4.79 Å². The van der Waals surface area contributed by atoms with Gasteiger partial charge in [-0.25, -0.2) is 0 Å². The first-order chi connectivity index (χ1) is 9.76. The Morgan fingerprint density at radius 3 is 2.62 bits per heavy atom. The summed E-state index contributed by atoms with van der Waals surface area (Å²) in [5.74, 6) is 0.200. The van der Waals surface area contributed by atoms with Gasteiger partial charge in [0.05, 0.1) is 0 Å². The molecule has 0 atom stereocenters. The Hall–Kier alpha value is -1.62. The number of nitrogens with one attached hydrogen (secondary N) is 2. The number of aryl methyl sites for hydroxylation is 1. The van der Waals surface area contributed by atoms with Crippen LogP contribution in [0.25, 0.3) is 0 Å². The van der Waals surface area contributed by atoms with Crippen LogP contribution in [0.5, 0.6) is 0 Å². The van der Waals surface area contributed by atoms with E-state index >= 15 is 0 Å². The lowest BCUT2D eigenvalue weighted by atomic mass is 10.1. The van der Waals surface area contributed by atoms with Crippen molar-refractivity contribution in [3.05, 3.63) is 23.8 Å². The number of hydrogen-bond acceptors (Lipinski definition) is 2. The van der Waals surface area contributed by atoms with E-state index in [2.05, 4.69) is 31.4 Å². The lowest BCUT2D eigenvalue weighted by molar-refractivity contribution is -0.117. The molecule has 2 N–H and O–H groups in total. The number of thiocarbonyl (C=S) groups is 1. The van der Waals surface area contributed by atoms with Crippen LogP contribution in [0.1, 0.15) is 39.2 Å². The smallest absolute Gasteiger partial charge is 0.227 e. The zero-order chi connectivity index (χ0) is 15.6. The third-order valence-electron chi connectivity index (χ3n) is 3.32. The molecule has 1 aliphatic rings. The zero-order valence-electron chi connectivity index (χ0n) is 13.1. The van der Waals surface area contributed by atoms with E-state index in [-0.39, 0.29) is 11.4 Å². The predicted octanol–water partition coefficient (Wildman–Crippen LogP) is 3.21. The van der Waals surface area contributed by atoms with Crippen molar-refractivity contribution in [3.63, 3.8) is 0 Å². The molecule has 0 radical (unpaired) electrons. The Morgan fingerprint density at radius 1 is 1.33 bits per heavy atom. The molecule has 0 aromatic heterocycles. The van der Waals surface area contributed by atoms with E-state index in [1.807, 2.05) is 30.0 Å². The quantitative estimate of drug-likeness (QED) is 0.824. The molecule has 0 bridgehead atoms. The molecule has 4 nitrogen and oxygen atoms in total. The number of nitrogens with zero attached hydrogens (tertiary/aromatic N) is 1. The number of hydrogen-bond donors (Lipinski definition) is 2. The number of benzene rings is 1. The lowest BCUT2D eigenvalue weighted by Gasteiger charge is -2.24. The highest BCUT2D eigenvalue weighted by atomic mass is 32.1. The van der Waals surface area contributed by atoms with Crippen molar-refractivity contribution in [2.45, 2.75) is 46.1 Å².